The first-order valence-electron chi connectivity index (χ1n) is 8.03. The zero-order chi connectivity index (χ0) is 15.2. The average molecular weight is 285 g/mol. The number of aromatic nitrogens is 2. The number of aryl methyl sites for hydroxylation is 3. The third kappa shape index (κ3) is 3.94. The van der Waals surface area contributed by atoms with Crippen molar-refractivity contribution in [3.63, 3.8) is 0 Å². The van der Waals surface area contributed by atoms with E-state index in [4.69, 9.17) is 0 Å². The van der Waals surface area contributed by atoms with Crippen molar-refractivity contribution in [1.29, 1.82) is 0 Å². The molecule has 0 aliphatic carbocycles. The van der Waals surface area contributed by atoms with E-state index in [2.05, 4.69) is 73.1 Å². The van der Waals surface area contributed by atoms with E-state index < -0.39 is 0 Å². The molecule has 0 aliphatic rings. The lowest BCUT2D eigenvalue weighted by Crippen LogP contribution is -2.24. The fourth-order valence-corrected chi connectivity index (χ4v) is 2.78. The Balaban J connectivity index is 2.25. The van der Waals surface area contributed by atoms with Gasteiger partial charge in [-0.15, -0.1) is 0 Å². The van der Waals surface area contributed by atoms with Gasteiger partial charge in [0.2, 0.25) is 0 Å². The zero-order valence-corrected chi connectivity index (χ0v) is 13.7. The molecule has 1 aromatic heterocycles. The monoisotopic (exact) mass is 285 g/mol. The maximum absolute atomic E-state index is 4.66. The molecule has 0 saturated carbocycles. The lowest BCUT2D eigenvalue weighted by atomic mass is 10.00. The van der Waals surface area contributed by atoms with Crippen molar-refractivity contribution in [3.05, 3.63) is 52.8 Å². The van der Waals surface area contributed by atoms with Crippen molar-refractivity contribution in [1.82, 2.24) is 15.1 Å². The fourth-order valence-electron chi connectivity index (χ4n) is 2.78. The third-order valence-corrected chi connectivity index (χ3v) is 3.88. The van der Waals surface area contributed by atoms with E-state index in [0.29, 0.717) is 6.04 Å². The lowest BCUT2D eigenvalue weighted by Gasteiger charge is -2.19. The van der Waals surface area contributed by atoms with Gasteiger partial charge in [-0.3, -0.25) is 4.68 Å². The smallest absolute Gasteiger partial charge is 0.0624 e. The van der Waals surface area contributed by atoms with Crippen LogP contribution >= 0.6 is 0 Å². The van der Waals surface area contributed by atoms with Gasteiger partial charge in [0.05, 0.1) is 5.69 Å². The largest absolute Gasteiger partial charge is 0.310 e. The molecule has 0 amide bonds. The topological polar surface area (TPSA) is 29.9 Å². The molecule has 0 saturated heterocycles. The fraction of sp³-hybridized carbons (Fsp3) is 0.500. The van der Waals surface area contributed by atoms with Gasteiger partial charge in [-0.2, -0.15) is 5.10 Å². The Bertz CT molecular complexity index is 572. The van der Waals surface area contributed by atoms with Gasteiger partial charge in [-0.05, 0) is 38.4 Å². The number of hydrogen-bond acceptors (Lipinski definition) is 2. The van der Waals surface area contributed by atoms with E-state index in [0.717, 1.165) is 25.9 Å². The van der Waals surface area contributed by atoms with Gasteiger partial charge in [0.15, 0.2) is 0 Å². The number of rotatable bonds is 7. The molecule has 2 rings (SSSR count). The summed E-state index contributed by atoms with van der Waals surface area (Å²) >= 11 is 0. The Morgan fingerprint density at radius 1 is 1.19 bits per heavy atom. The van der Waals surface area contributed by atoms with Crippen LogP contribution in [0.4, 0.5) is 0 Å². The van der Waals surface area contributed by atoms with Gasteiger partial charge in [0, 0.05) is 24.7 Å². The molecule has 3 heteroatoms. The van der Waals surface area contributed by atoms with Crippen molar-refractivity contribution in [2.24, 2.45) is 0 Å². The molecular formula is C18H27N3. The van der Waals surface area contributed by atoms with Crippen LogP contribution in [0.5, 0.6) is 0 Å². The Labute approximate surface area is 128 Å². The summed E-state index contributed by atoms with van der Waals surface area (Å²) in [7, 11) is 0. The van der Waals surface area contributed by atoms with Crippen LogP contribution in [-0.2, 0) is 19.4 Å². The Morgan fingerprint density at radius 3 is 2.62 bits per heavy atom. The molecule has 1 atom stereocenters. The lowest BCUT2D eigenvalue weighted by molar-refractivity contribution is 0.515. The molecule has 0 radical (unpaired) electrons. The van der Waals surface area contributed by atoms with Crippen LogP contribution in [0.15, 0.2) is 30.3 Å². The standard InChI is InChI=1S/C18H27N3/c1-5-16-12-17(21(7-3)20-16)13-18(19-6-2)15-10-8-9-14(4)11-15/h8-12,18-19H,5-7,13H2,1-4H3. The first kappa shape index (κ1) is 15.8. The maximum atomic E-state index is 4.66. The van der Waals surface area contributed by atoms with Gasteiger partial charge < -0.3 is 5.32 Å². The Morgan fingerprint density at radius 2 is 2.00 bits per heavy atom. The molecule has 1 unspecified atom stereocenters. The molecule has 1 N–H and O–H groups in total. The van der Waals surface area contributed by atoms with E-state index in [9.17, 15) is 0 Å². The summed E-state index contributed by atoms with van der Waals surface area (Å²) in [5, 5.41) is 8.27. The predicted octanol–water partition coefficient (Wildman–Crippen LogP) is 3.67. The molecule has 0 fully saturated rings. The Kier molecular flexibility index (Phi) is 5.57. The highest BCUT2D eigenvalue weighted by molar-refractivity contribution is 5.26. The third-order valence-electron chi connectivity index (χ3n) is 3.88. The minimum Gasteiger partial charge on any atom is -0.310 e. The number of likely N-dealkylation sites (N-methyl/N-ethyl adjacent to an activating group) is 1. The minimum absolute atomic E-state index is 0.349. The van der Waals surface area contributed by atoms with Crippen molar-refractivity contribution in [2.75, 3.05) is 6.54 Å². The molecule has 114 valence electrons. The van der Waals surface area contributed by atoms with Crippen LogP contribution in [0.25, 0.3) is 0 Å². The highest BCUT2D eigenvalue weighted by Crippen LogP contribution is 2.20. The summed E-state index contributed by atoms with van der Waals surface area (Å²) < 4.78 is 2.14. The van der Waals surface area contributed by atoms with Crippen LogP contribution in [0.1, 0.15) is 49.3 Å². The van der Waals surface area contributed by atoms with Crippen LogP contribution in [0, 0.1) is 6.92 Å². The van der Waals surface area contributed by atoms with Crippen LogP contribution < -0.4 is 5.32 Å². The first-order valence-corrected chi connectivity index (χ1v) is 8.03. The quantitative estimate of drug-likeness (QED) is 0.841. The molecule has 0 aliphatic heterocycles. The number of hydrogen-bond donors (Lipinski definition) is 1. The second kappa shape index (κ2) is 7.41. The summed E-state index contributed by atoms with van der Waals surface area (Å²) in [4.78, 5) is 0. The first-order chi connectivity index (χ1) is 10.2. The van der Waals surface area contributed by atoms with Gasteiger partial charge in [0.1, 0.15) is 0 Å². The highest BCUT2D eigenvalue weighted by Gasteiger charge is 2.15. The van der Waals surface area contributed by atoms with E-state index in [-0.39, 0.29) is 0 Å². The molecule has 1 heterocycles. The zero-order valence-electron chi connectivity index (χ0n) is 13.7. The molecule has 0 spiro atoms. The molecule has 21 heavy (non-hydrogen) atoms. The summed E-state index contributed by atoms with van der Waals surface area (Å²) in [5.41, 5.74) is 5.18. The molecule has 3 nitrogen and oxygen atoms in total. The van der Waals surface area contributed by atoms with Crippen molar-refractivity contribution in [2.45, 2.75) is 53.1 Å². The van der Waals surface area contributed by atoms with Crippen LogP contribution in [0.2, 0.25) is 0 Å². The van der Waals surface area contributed by atoms with Crippen molar-refractivity contribution in [3.8, 4) is 0 Å². The molecule has 0 bridgehead atoms. The Hall–Kier alpha value is -1.61. The van der Waals surface area contributed by atoms with Gasteiger partial charge >= 0.3 is 0 Å². The van der Waals surface area contributed by atoms with E-state index in [1.54, 1.807) is 0 Å². The summed E-state index contributed by atoms with van der Waals surface area (Å²) in [6, 6.07) is 11.4. The van der Waals surface area contributed by atoms with Gasteiger partial charge in [-0.25, -0.2) is 0 Å². The minimum atomic E-state index is 0.349. The van der Waals surface area contributed by atoms with Crippen LogP contribution in [0.3, 0.4) is 0 Å². The van der Waals surface area contributed by atoms with Crippen molar-refractivity contribution >= 4 is 0 Å². The second-order valence-corrected chi connectivity index (χ2v) is 5.52. The summed E-state index contributed by atoms with van der Waals surface area (Å²) in [6.45, 7) is 10.5. The SMILES string of the molecule is CCNC(Cc1cc(CC)nn1CC)c1cccc(C)c1. The predicted molar refractivity (Wildman–Crippen MR) is 88.6 cm³/mol. The van der Waals surface area contributed by atoms with Crippen LogP contribution in [-0.4, -0.2) is 16.3 Å². The average Bonchev–Trinajstić information content (AvgIpc) is 2.89. The number of nitrogens with zero attached hydrogens (tertiary/aromatic N) is 2. The van der Waals surface area contributed by atoms with E-state index in [1.807, 2.05) is 0 Å². The van der Waals surface area contributed by atoms with Gasteiger partial charge in [-0.1, -0.05) is 43.7 Å². The van der Waals surface area contributed by atoms with Gasteiger partial charge in [0.25, 0.3) is 0 Å². The molecule has 2 aromatic rings. The highest BCUT2D eigenvalue weighted by atomic mass is 15.3. The number of benzene rings is 1. The second-order valence-electron chi connectivity index (χ2n) is 5.52. The summed E-state index contributed by atoms with van der Waals surface area (Å²) in [5.74, 6) is 0. The molecular weight excluding hydrogens is 258 g/mol. The number of nitrogens with one attached hydrogen (secondary N) is 1. The van der Waals surface area contributed by atoms with Crippen molar-refractivity contribution < 1.29 is 0 Å². The van der Waals surface area contributed by atoms with E-state index >= 15 is 0 Å². The summed E-state index contributed by atoms with van der Waals surface area (Å²) in [6.07, 6.45) is 1.98. The molecule has 1 aromatic carbocycles. The van der Waals surface area contributed by atoms with E-state index in [1.165, 1.54) is 22.5 Å². The maximum Gasteiger partial charge on any atom is 0.0624 e. The normalized spacial score (nSPS) is 12.6.